The minimum atomic E-state index is -1.24. The molecule has 0 bridgehead atoms. The molecule has 0 rings (SSSR count). The third kappa shape index (κ3) is 6.35. The van der Waals surface area contributed by atoms with Crippen molar-refractivity contribution in [2.75, 3.05) is 18.3 Å². The van der Waals surface area contributed by atoms with Crippen LogP contribution in [0, 0.1) is 0 Å². The Kier molecular flexibility index (Phi) is 6.35. The second-order valence-electron chi connectivity index (χ2n) is 3.58. The highest BCUT2D eigenvalue weighted by Gasteiger charge is 2.19. The van der Waals surface area contributed by atoms with Crippen LogP contribution in [0.2, 0.25) is 0 Å². The van der Waals surface area contributed by atoms with Crippen molar-refractivity contribution in [2.24, 2.45) is 0 Å². The standard InChI is InChI=1S/C9H17NO4S/c1-6(8(11)12)10-7(9(13)14)4-5-15(2)3/h6-7,10H,4-5H2,1-3H3,(H-,11,12,13,14)/t6?,7-/m0/s1. The molecule has 0 aliphatic rings. The summed E-state index contributed by atoms with van der Waals surface area (Å²) in [7, 11) is 0.143. The lowest BCUT2D eigenvalue weighted by molar-refractivity contribution is -0.308. The fourth-order valence-corrected chi connectivity index (χ4v) is 1.70. The molecule has 0 saturated carbocycles. The van der Waals surface area contributed by atoms with Crippen molar-refractivity contribution in [2.45, 2.75) is 25.4 Å². The Bertz CT molecular complexity index is 232. The summed E-state index contributed by atoms with van der Waals surface area (Å²) < 4.78 is 0. The number of rotatable bonds is 7. The first-order chi connectivity index (χ1) is 6.84. The Morgan fingerprint density at radius 1 is 1.47 bits per heavy atom. The molecule has 0 radical (unpaired) electrons. The van der Waals surface area contributed by atoms with Crippen LogP contribution in [0.1, 0.15) is 13.3 Å². The summed E-state index contributed by atoms with van der Waals surface area (Å²) in [5.41, 5.74) is 0. The molecule has 0 aromatic rings. The molecule has 15 heavy (non-hydrogen) atoms. The van der Waals surface area contributed by atoms with Crippen LogP contribution < -0.4 is 10.4 Å². The highest BCUT2D eigenvalue weighted by atomic mass is 32.2. The third-order valence-electron chi connectivity index (χ3n) is 1.92. The molecule has 0 aromatic heterocycles. The van der Waals surface area contributed by atoms with Gasteiger partial charge in [0.2, 0.25) is 0 Å². The van der Waals surface area contributed by atoms with Gasteiger partial charge in [-0.1, -0.05) is 0 Å². The van der Waals surface area contributed by atoms with E-state index in [4.69, 9.17) is 5.11 Å². The van der Waals surface area contributed by atoms with Crippen LogP contribution in [0.3, 0.4) is 0 Å². The SMILES string of the molecule is CC(N[C@@H](CC[S+](C)C)C(=O)[O-])C(=O)O. The highest BCUT2D eigenvalue weighted by molar-refractivity contribution is 7.95. The monoisotopic (exact) mass is 235 g/mol. The molecule has 88 valence electrons. The summed E-state index contributed by atoms with van der Waals surface area (Å²) in [5, 5.41) is 21.8. The molecule has 0 aliphatic carbocycles. The van der Waals surface area contributed by atoms with Crippen LogP contribution in [0.5, 0.6) is 0 Å². The van der Waals surface area contributed by atoms with Crippen LogP contribution in [0.4, 0.5) is 0 Å². The van der Waals surface area contributed by atoms with Gasteiger partial charge in [0, 0.05) is 6.42 Å². The van der Waals surface area contributed by atoms with Crippen LogP contribution in [-0.4, -0.2) is 47.4 Å². The van der Waals surface area contributed by atoms with Crippen LogP contribution >= 0.6 is 0 Å². The maximum atomic E-state index is 10.7. The van der Waals surface area contributed by atoms with Gasteiger partial charge in [-0.25, -0.2) is 0 Å². The number of nitrogens with one attached hydrogen (secondary N) is 1. The van der Waals surface area contributed by atoms with Gasteiger partial charge in [0.15, 0.2) is 0 Å². The topological polar surface area (TPSA) is 89.5 Å². The Hall–Kier alpha value is -0.750. The van der Waals surface area contributed by atoms with E-state index in [9.17, 15) is 14.7 Å². The van der Waals surface area contributed by atoms with E-state index in [0.717, 1.165) is 5.75 Å². The zero-order chi connectivity index (χ0) is 12.0. The maximum Gasteiger partial charge on any atom is 0.320 e. The molecule has 0 saturated heterocycles. The molecule has 5 nitrogen and oxygen atoms in total. The second kappa shape index (κ2) is 6.68. The van der Waals surface area contributed by atoms with Crippen molar-refractivity contribution in [3.05, 3.63) is 0 Å². The van der Waals surface area contributed by atoms with E-state index in [1.807, 2.05) is 12.5 Å². The minimum absolute atomic E-state index is 0.143. The number of hydrogen-bond acceptors (Lipinski definition) is 4. The molecule has 0 fully saturated rings. The lowest BCUT2D eigenvalue weighted by Crippen LogP contribution is -2.51. The Morgan fingerprint density at radius 2 is 2.00 bits per heavy atom. The van der Waals surface area contributed by atoms with E-state index >= 15 is 0 Å². The molecular formula is C9H17NO4S. The molecule has 2 N–H and O–H groups in total. The Morgan fingerprint density at radius 3 is 2.33 bits per heavy atom. The summed E-state index contributed by atoms with van der Waals surface area (Å²) >= 11 is 0. The first-order valence-electron chi connectivity index (χ1n) is 4.58. The number of carbonyl (C=O) groups is 2. The van der Waals surface area contributed by atoms with E-state index in [0.29, 0.717) is 6.42 Å². The Labute approximate surface area is 92.2 Å². The van der Waals surface area contributed by atoms with E-state index in [1.54, 1.807) is 0 Å². The Balaban J connectivity index is 4.16. The number of carboxylic acids is 2. The first-order valence-corrected chi connectivity index (χ1v) is 6.79. The van der Waals surface area contributed by atoms with Crippen molar-refractivity contribution < 1.29 is 19.8 Å². The van der Waals surface area contributed by atoms with Crippen molar-refractivity contribution in [3.63, 3.8) is 0 Å². The third-order valence-corrected chi connectivity index (χ3v) is 2.97. The van der Waals surface area contributed by atoms with Crippen molar-refractivity contribution in [3.8, 4) is 0 Å². The number of aliphatic carboxylic acids is 2. The maximum absolute atomic E-state index is 10.7. The largest absolute Gasteiger partial charge is 0.548 e. The van der Waals surface area contributed by atoms with Gasteiger partial charge in [0.05, 0.1) is 24.5 Å². The predicted octanol–water partition coefficient (Wildman–Crippen LogP) is -1.56. The van der Waals surface area contributed by atoms with E-state index in [2.05, 4.69) is 5.32 Å². The van der Waals surface area contributed by atoms with Gasteiger partial charge in [0.1, 0.15) is 11.8 Å². The minimum Gasteiger partial charge on any atom is -0.548 e. The van der Waals surface area contributed by atoms with E-state index < -0.39 is 24.0 Å². The van der Waals surface area contributed by atoms with Crippen LogP contribution in [0.25, 0.3) is 0 Å². The molecule has 2 atom stereocenters. The number of hydrogen-bond donors (Lipinski definition) is 2. The fourth-order valence-electron chi connectivity index (χ4n) is 0.996. The average molecular weight is 235 g/mol. The van der Waals surface area contributed by atoms with Crippen molar-refractivity contribution in [1.82, 2.24) is 5.32 Å². The molecule has 1 unspecified atom stereocenters. The summed E-state index contributed by atoms with van der Waals surface area (Å²) in [6, 6.07) is -1.76. The van der Waals surface area contributed by atoms with Gasteiger partial charge < -0.3 is 15.0 Å². The van der Waals surface area contributed by atoms with E-state index in [-0.39, 0.29) is 10.9 Å². The first kappa shape index (κ1) is 14.2. The lowest BCUT2D eigenvalue weighted by atomic mass is 10.2. The van der Waals surface area contributed by atoms with Crippen LogP contribution in [0.15, 0.2) is 0 Å². The summed E-state index contributed by atoms with van der Waals surface area (Å²) in [6.45, 7) is 1.41. The van der Waals surface area contributed by atoms with E-state index in [1.165, 1.54) is 6.92 Å². The normalized spacial score (nSPS) is 14.9. The quantitative estimate of drug-likeness (QED) is 0.521. The molecule has 0 heterocycles. The van der Waals surface area contributed by atoms with Gasteiger partial charge >= 0.3 is 5.97 Å². The number of carboxylic acid groups (broad SMARTS) is 2. The highest BCUT2D eigenvalue weighted by Crippen LogP contribution is 1.98. The van der Waals surface area contributed by atoms with Crippen molar-refractivity contribution >= 4 is 22.8 Å². The van der Waals surface area contributed by atoms with Crippen molar-refractivity contribution in [1.29, 1.82) is 0 Å². The summed E-state index contributed by atoms with van der Waals surface area (Å²) in [4.78, 5) is 21.2. The smallest absolute Gasteiger partial charge is 0.320 e. The fraction of sp³-hybridized carbons (Fsp3) is 0.778. The average Bonchev–Trinajstić information content (AvgIpc) is 2.10. The zero-order valence-corrected chi connectivity index (χ0v) is 9.97. The van der Waals surface area contributed by atoms with Gasteiger partial charge in [-0.3, -0.25) is 10.1 Å². The number of carbonyl (C=O) groups excluding carboxylic acids is 1. The molecular weight excluding hydrogens is 218 g/mol. The van der Waals surface area contributed by atoms with Gasteiger partial charge in [-0.05, 0) is 17.8 Å². The molecule has 6 heteroatoms. The van der Waals surface area contributed by atoms with Gasteiger partial charge in [-0.2, -0.15) is 0 Å². The second-order valence-corrected chi connectivity index (χ2v) is 5.96. The molecule has 0 aromatic carbocycles. The molecule has 0 aliphatic heterocycles. The summed E-state index contributed by atoms with van der Waals surface area (Å²) in [5.74, 6) is -1.56. The van der Waals surface area contributed by atoms with Gasteiger partial charge in [0.25, 0.3) is 0 Å². The lowest BCUT2D eigenvalue weighted by Gasteiger charge is -2.21. The summed E-state index contributed by atoms with van der Waals surface area (Å²) in [6.07, 6.45) is 4.41. The predicted molar refractivity (Wildman–Crippen MR) is 57.7 cm³/mol. The molecule has 0 spiro atoms. The zero-order valence-electron chi connectivity index (χ0n) is 9.15. The van der Waals surface area contributed by atoms with Gasteiger partial charge in [-0.15, -0.1) is 0 Å². The van der Waals surface area contributed by atoms with Crippen LogP contribution in [-0.2, 0) is 20.5 Å². The molecule has 0 amide bonds.